The summed E-state index contributed by atoms with van der Waals surface area (Å²) < 4.78 is 11.1. The fraction of sp³-hybridized carbons (Fsp3) is 0.111. The van der Waals surface area contributed by atoms with Crippen LogP contribution in [-0.4, -0.2) is 15.2 Å². The van der Waals surface area contributed by atoms with Crippen molar-refractivity contribution < 1.29 is 9.32 Å². The van der Waals surface area contributed by atoms with Crippen LogP contribution in [0, 0.1) is 0 Å². The van der Waals surface area contributed by atoms with Crippen molar-refractivity contribution in [3.05, 3.63) is 40.6 Å². The number of halogens is 1. The molecule has 0 aliphatic carbocycles. The van der Waals surface area contributed by atoms with Gasteiger partial charge < -0.3 is 5.11 Å². The maximum absolute atomic E-state index is 11.1. The first-order valence-electron chi connectivity index (χ1n) is 3.98. The maximum atomic E-state index is 11.1. The van der Waals surface area contributed by atoms with Crippen molar-refractivity contribution in [1.82, 2.24) is 0 Å². The van der Waals surface area contributed by atoms with Gasteiger partial charge in [-0.3, -0.25) is 9.11 Å². The normalized spacial score (nSPS) is 21.1. The summed E-state index contributed by atoms with van der Waals surface area (Å²) in [5, 5.41) is 11.4. The molecule has 0 radical (unpaired) electrons. The van der Waals surface area contributed by atoms with Crippen LogP contribution in [0.25, 0.3) is 0 Å². The molecule has 1 aliphatic heterocycles. The summed E-state index contributed by atoms with van der Waals surface area (Å²) in [4.78, 5) is 1.58. The molecule has 1 atom stereocenters. The molecule has 1 aromatic carbocycles. The number of anilines is 1. The molecule has 0 aromatic heterocycles. The second kappa shape index (κ2) is 3.63. The summed E-state index contributed by atoms with van der Waals surface area (Å²) in [6.45, 7) is 0. The molecule has 1 N–H and O–H groups in total. The third-order valence-corrected chi connectivity index (χ3v) is 3.15. The van der Waals surface area contributed by atoms with E-state index in [-0.39, 0.29) is 5.88 Å². The number of benzene rings is 1. The highest BCUT2D eigenvalue weighted by atomic mass is 35.5. The zero-order valence-electron chi connectivity index (χ0n) is 7.18. The van der Waals surface area contributed by atoms with E-state index in [2.05, 4.69) is 0 Å². The molecule has 0 amide bonds. The van der Waals surface area contributed by atoms with E-state index < -0.39 is 10.8 Å². The van der Waals surface area contributed by atoms with Crippen LogP contribution in [0.1, 0.15) is 0 Å². The standard InChI is InChI=1S/C9H8ClNO2S/c10-7-1-3-8(4-2-7)11-6-14(13)5-9(11)12/h1-5,12H,6H2. The van der Waals surface area contributed by atoms with Gasteiger partial charge in [0.25, 0.3) is 0 Å². The lowest BCUT2D eigenvalue weighted by atomic mass is 10.3. The molecule has 0 spiro atoms. The highest BCUT2D eigenvalue weighted by Gasteiger charge is 2.20. The summed E-state index contributed by atoms with van der Waals surface area (Å²) in [5.74, 6) is 0.332. The van der Waals surface area contributed by atoms with E-state index in [0.29, 0.717) is 10.9 Å². The van der Waals surface area contributed by atoms with Crippen LogP contribution < -0.4 is 4.90 Å². The summed E-state index contributed by atoms with van der Waals surface area (Å²) in [7, 11) is -1.11. The minimum Gasteiger partial charge on any atom is -0.494 e. The van der Waals surface area contributed by atoms with Crippen molar-refractivity contribution >= 4 is 28.1 Å². The molecule has 0 saturated carbocycles. The highest BCUT2D eigenvalue weighted by Crippen LogP contribution is 2.24. The Morgan fingerprint density at radius 3 is 2.50 bits per heavy atom. The van der Waals surface area contributed by atoms with Gasteiger partial charge in [-0.2, -0.15) is 0 Å². The van der Waals surface area contributed by atoms with Gasteiger partial charge in [-0.05, 0) is 24.3 Å². The van der Waals surface area contributed by atoms with Crippen molar-refractivity contribution in [2.24, 2.45) is 0 Å². The lowest BCUT2D eigenvalue weighted by molar-refractivity contribution is 0.400. The van der Waals surface area contributed by atoms with Crippen LogP contribution >= 0.6 is 11.6 Å². The van der Waals surface area contributed by atoms with Gasteiger partial charge in [0.1, 0.15) is 5.88 Å². The first kappa shape index (κ1) is 9.55. The number of hydrogen-bond donors (Lipinski definition) is 1. The Morgan fingerprint density at radius 2 is 2.00 bits per heavy atom. The van der Waals surface area contributed by atoms with Gasteiger partial charge in [-0.15, -0.1) is 0 Å². The predicted molar refractivity (Wildman–Crippen MR) is 57.7 cm³/mol. The Hall–Kier alpha value is -1.00. The molecule has 14 heavy (non-hydrogen) atoms. The topological polar surface area (TPSA) is 40.5 Å². The van der Waals surface area contributed by atoms with Gasteiger partial charge in [0.2, 0.25) is 5.88 Å². The first-order chi connectivity index (χ1) is 6.66. The van der Waals surface area contributed by atoms with Crippen molar-refractivity contribution in [3.63, 3.8) is 0 Å². The average Bonchev–Trinajstić information content (AvgIpc) is 2.47. The van der Waals surface area contributed by atoms with Gasteiger partial charge >= 0.3 is 0 Å². The van der Waals surface area contributed by atoms with Gasteiger partial charge in [0, 0.05) is 10.7 Å². The number of aliphatic hydroxyl groups excluding tert-OH is 1. The van der Waals surface area contributed by atoms with E-state index in [1.165, 1.54) is 5.41 Å². The van der Waals surface area contributed by atoms with E-state index in [9.17, 15) is 9.32 Å². The number of nitrogens with zero attached hydrogens (tertiary/aromatic N) is 1. The van der Waals surface area contributed by atoms with Crippen molar-refractivity contribution in [1.29, 1.82) is 0 Å². The Morgan fingerprint density at radius 1 is 1.36 bits per heavy atom. The lowest BCUT2D eigenvalue weighted by Gasteiger charge is -2.16. The van der Waals surface area contributed by atoms with Crippen LogP contribution in [-0.2, 0) is 10.8 Å². The van der Waals surface area contributed by atoms with Crippen LogP contribution in [0.2, 0.25) is 5.02 Å². The smallest absolute Gasteiger partial charge is 0.201 e. The number of aliphatic hydroxyl groups is 1. The first-order valence-corrected chi connectivity index (χ1v) is 5.74. The molecule has 0 bridgehead atoms. The molecule has 0 saturated heterocycles. The minimum absolute atomic E-state index is 0.0330. The molecule has 74 valence electrons. The molecule has 5 heteroatoms. The largest absolute Gasteiger partial charge is 0.494 e. The van der Waals surface area contributed by atoms with Crippen molar-refractivity contribution in [3.8, 4) is 0 Å². The van der Waals surface area contributed by atoms with Crippen LogP contribution in [0.4, 0.5) is 5.69 Å². The molecule has 1 heterocycles. The van der Waals surface area contributed by atoms with Gasteiger partial charge in [-0.1, -0.05) is 11.6 Å². The fourth-order valence-corrected chi connectivity index (χ4v) is 2.34. The monoisotopic (exact) mass is 229 g/mol. The number of rotatable bonds is 1. The van der Waals surface area contributed by atoms with Gasteiger partial charge in [0.05, 0.1) is 16.2 Å². The fourth-order valence-electron chi connectivity index (χ4n) is 1.24. The predicted octanol–water partition coefficient (Wildman–Crippen LogP) is 2.22. The summed E-state index contributed by atoms with van der Waals surface area (Å²) >= 11 is 5.73. The van der Waals surface area contributed by atoms with Crippen molar-refractivity contribution in [2.45, 2.75) is 0 Å². The summed E-state index contributed by atoms with van der Waals surface area (Å²) in [5.41, 5.74) is 0.786. The lowest BCUT2D eigenvalue weighted by Crippen LogP contribution is -2.19. The average molecular weight is 230 g/mol. The van der Waals surface area contributed by atoms with E-state index >= 15 is 0 Å². The molecular weight excluding hydrogens is 222 g/mol. The second-order valence-corrected chi connectivity index (χ2v) is 4.58. The quantitative estimate of drug-likeness (QED) is 0.803. The number of hydrogen-bond acceptors (Lipinski definition) is 3. The molecular formula is C9H8ClNO2S. The third-order valence-electron chi connectivity index (χ3n) is 1.91. The molecule has 2 rings (SSSR count). The molecule has 3 nitrogen and oxygen atoms in total. The van der Waals surface area contributed by atoms with Crippen LogP contribution in [0.15, 0.2) is 35.6 Å². The van der Waals surface area contributed by atoms with E-state index in [1.807, 2.05) is 0 Å². The maximum Gasteiger partial charge on any atom is 0.201 e. The SMILES string of the molecule is O=S1C=C(O)N(c2ccc(Cl)cc2)C1. The van der Waals surface area contributed by atoms with Gasteiger partial charge in [-0.25, -0.2) is 0 Å². The minimum atomic E-state index is -1.11. The van der Waals surface area contributed by atoms with E-state index in [1.54, 1.807) is 29.2 Å². The summed E-state index contributed by atoms with van der Waals surface area (Å²) in [6.07, 6.45) is 0. The highest BCUT2D eigenvalue weighted by molar-refractivity contribution is 7.88. The Kier molecular flexibility index (Phi) is 2.48. The molecule has 0 fully saturated rings. The third kappa shape index (κ3) is 1.76. The Balaban J connectivity index is 2.29. The summed E-state index contributed by atoms with van der Waals surface area (Å²) in [6, 6.07) is 7.00. The van der Waals surface area contributed by atoms with E-state index in [4.69, 9.17) is 11.6 Å². The molecule has 1 aliphatic rings. The van der Waals surface area contributed by atoms with Crippen LogP contribution in [0.3, 0.4) is 0 Å². The molecule has 1 unspecified atom stereocenters. The second-order valence-electron chi connectivity index (χ2n) is 2.89. The van der Waals surface area contributed by atoms with Crippen molar-refractivity contribution in [2.75, 3.05) is 10.8 Å². The van der Waals surface area contributed by atoms with Crippen LogP contribution in [0.5, 0.6) is 0 Å². The van der Waals surface area contributed by atoms with E-state index in [0.717, 1.165) is 5.69 Å². The zero-order valence-corrected chi connectivity index (χ0v) is 8.76. The van der Waals surface area contributed by atoms with Gasteiger partial charge in [0.15, 0.2) is 0 Å². The Bertz CT molecular complexity index is 402. The molecule has 1 aromatic rings. The Labute approximate surface area is 89.1 Å². The zero-order chi connectivity index (χ0) is 10.1.